The normalized spacial score (nSPS) is 16.7. The molecule has 0 radical (unpaired) electrons. The molecule has 0 saturated carbocycles. The van der Waals surface area contributed by atoms with E-state index in [0.29, 0.717) is 6.54 Å². The van der Waals surface area contributed by atoms with Crippen LogP contribution in [0.15, 0.2) is 41.4 Å². The molecule has 2 aromatic rings. The molecule has 1 aliphatic heterocycles. The number of rotatable bonds is 9. The topological polar surface area (TPSA) is 67.4 Å². The highest BCUT2D eigenvalue weighted by Crippen LogP contribution is 2.24. The molecule has 0 aliphatic carbocycles. The maximum atomic E-state index is 13.9. The van der Waals surface area contributed by atoms with Crippen molar-refractivity contribution in [3.63, 3.8) is 0 Å². The monoisotopic (exact) mass is 444 g/mol. The molecule has 1 saturated heterocycles. The van der Waals surface area contributed by atoms with E-state index in [1.807, 2.05) is 31.2 Å². The van der Waals surface area contributed by atoms with Gasteiger partial charge in [-0.2, -0.15) is 0 Å². The van der Waals surface area contributed by atoms with Gasteiger partial charge in [-0.05, 0) is 48.7 Å². The van der Waals surface area contributed by atoms with Crippen molar-refractivity contribution in [3.05, 3.63) is 53.3 Å². The second kappa shape index (κ2) is 11.6. The average molecular weight is 445 g/mol. The zero-order valence-corrected chi connectivity index (χ0v) is 19.3. The predicted octanol–water partition coefficient (Wildman–Crippen LogP) is 3.18. The van der Waals surface area contributed by atoms with E-state index in [2.05, 4.69) is 20.5 Å². The second-order valence-electron chi connectivity index (χ2n) is 7.75. The lowest BCUT2D eigenvalue weighted by Gasteiger charge is -2.19. The molecule has 2 aromatic carbocycles. The van der Waals surface area contributed by atoms with Crippen molar-refractivity contribution in [2.45, 2.75) is 32.5 Å². The van der Waals surface area contributed by atoms with Crippen LogP contribution in [-0.2, 0) is 13.1 Å². The summed E-state index contributed by atoms with van der Waals surface area (Å²) < 4.78 is 29.7. The van der Waals surface area contributed by atoms with Crippen LogP contribution in [0.1, 0.15) is 24.5 Å². The lowest BCUT2D eigenvalue weighted by atomic mass is 10.2. The number of hydrogen-bond acceptors (Lipinski definition) is 5. The van der Waals surface area contributed by atoms with Gasteiger partial charge < -0.3 is 24.8 Å². The molecule has 1 unspecified atom stereocenters. The lowest BCUT2D eigenvalue weighted by Crippen LogP contribution is -2.44. The predicted molar refractivity (Wildman–Crippen MR) is 124 cm³/mol. The van der Waals surface area contributed by atoms with Crippen molar-refractivity contribution in [1.29, 1.82) is 0 Å². The van der Waals surface area contributed by atoms with Gasteiger partial charge in [0, 0.05) is 38.3 Å². The summed E-state index contributed by atoms with van der Waals surface area (Å²) in [6.07, 6.45) is 1.02. The minimum Gasteiger partial charge on any atom is -0.497 e. The van der Waals surface area contributed by atoms with Gasteiger partial charge in [0.05, 0.1) is 27.9 Å². The van der Waals surface area contributed by atoms with E-state index >= 15 is 0 Å². The van der Waals surface area contributed by atoms with Crippen molar-refractivity contribution >= 4 is 5.96 Å². The fourth-order valence-corrected chi connectivity index (χ4v) is 3.80. The van der Waals surface area contributed by atoms with Crippen LogP contribution in [0.2, 0.25) is 0 Å². The van der Waals surface area contributed by atoms with Gasteiger partial charge >= 0.3 is 0 Å². The second-order valence-corrected chi connectivity index (χ2v) is 7.75. The summed E-state index contributed by atoms with van der Waals surface area (Å²) in [5, 5.41) is 6.80. The quantitative estimate of drug-likeness (QED) is 0.458. The highest BCUT2D eigenvalue weighted by molar-refractivity contribution is 5.80. The molecule has 1 atom stereocenters. The van der Waals surface area contributed by atoms with Gasteiger partial charge in [0.25, 0.3) is 0 Å². The number of likely N-dealkylation sites (tertiary alicyclic amines) is 1. The number of nitrogens with zero attached hydrogens (tertiary/aromatic N) is 2. The molecule has 0 aromatic heterocycles. The molecule has 3 rings (SSSR count). The fourth-order valence-electron chi connectivity index (χ4n) is 3.80. The van der Waals surface area contributed by atoms with Crippen LogP contribution in [0.25, 0.3) is 0 Å². The van der Waals surface area contributed by atoms with E-state index in [0.717, 1.165) is 61.2 Å². The highest BCUT2D eigenvalue weighted by atomic mass is 19.1. The molecular formula is C24H33FN4O3. The summed E-state index contributed by atoms with van der Waals surface area (Å²) in [5.41, 5.74) is 1.95. The van der Waals surface area contributed by atoms with E-state index in [4.69, 9.17) is 14.2 Å². The molecule has 174 valence electrons. The molecule has 2 N–H and O–H groups in total. The van der Waals surface area contributed by atoms with E-state index in [1.165, 1.54) is 13.2 Å². The van der Waals surface area contributed by atoms with Gasteiger partial charge in [-0.15, -0.1) is 0 Å². The first-order valence-corrected chi connectivity index (χ1v) is 10.9. The third-order valence-electron chi connectivity index (χ3n) is 5.41. The molecule has 32 heavy (non-hydrogen) atoms. The number of methoxy groups -OCH3 is 3. The van der Waals surface area contributed by atoms with Crippen molar-refractivity contribution in [2.24, 2.45) is 4.99 Å². The molecular weight excluding hydrogens is 411 g/mol. The van der Waals surface area contributed by atoms with Gasteiger partial charge in [-0.25, -0.2) is 9.38 Å². The number of nitrogens with one attached hydrogen (secondary N) is 2. The summed E-state index contributed by atoms with van der Waals surface area (Å²) in [7, 11) is 4.78. The van der Waals surface area contributed by atoms with Gasteiger partial charge in [-0.3, -0.25) is 4.90 Å². The minimum absolute atomic E-state index is 0.238. The molecule has 1 aliphatic rings. The van der Waals surface area contributed by atoms with E-state index in [9.17, 15) is 4.39 Å². The van der Waals surface area contributed by atoms with E-state index < -0.39 is 0 Å². The maximum Gasteiger partial charge on any atom is 0.191 e. The largest absolute Gasteiger partial charge is 0.497 e. The Morgan fingerprint density at radius 3 is 2.44 bits per heavy atom. The Hall–Kier alpha value is -3.00. The summed E-state index contributed by atoms with van der Waals surface area (Å²) in [6, 6.07) is 11.2. The van der Waals surface area contributed by atoms with E-state index in [1.54, 1.807) is 20.3 Å². The molecule has 8 heteroatoms. The summed E-state index contributed by atoms with van der Waals surface area (Å²) in [6.45, 7) is 5.88. The fraction of sp³-hybridized carbons (Fsp3) is 0.458. The van der Waals surface area contributed by atoms with Crippen LogP contribution >= 0.6 is 0 Å². The molecule has 1 fully saturated rings. The Bertz CT molecular complexity index is 900. The van der Waals surface area contributed by atoms with Crippen molar-refractivity contribution < 1.29 is 18.6 Å². The molecule has 0 bridgehead atoms. The number of halogens is 1. The van der Waals surface area contributed by atoms with Crippen LogP contribution < -0.4 is 24.8 Å². The average Bonchev–Trinajstić information content (AvgIpc) is 3.23. The SMILES string of the molecule is CCNC(=NCc1ccc(OC)c(F)c1)NC1CCN(Cc2cc(OC)cc(OC)c2)C1. The Balaban J connectivity index is 1.58. The first-order chi connectivity index (χ1) is 15.5. The number of ether oxygens (including phenoxy) is 3. The number of aliphatic imine (C=N–C) groups is 1. The maximum absolute atomic E-state index is 13.9. The van der Waals surface area contributed by atoms with Crippen LogP contribution in [-0.4, -0.2) is 57.9 Å². The zero-order chi connectivity index (χ0) is 22.9. The van der Waals surface area contributed by atoms with Gasteiger partial charge in [0.15, 0.2) is 17.5 Å². The van der Waals surface area contributed by atoms with Crippen molar-refractivity contribution in [2.75, 3.05) is 41.0 Å². The van der Waals surface area contributed by atoms with Crippen LogP contribution in [0.4, 0.5) is 4.39 Å². The van der Waals surface area contributed by atoms with Gasteiger partial charge in [0.2, 0.25) is 0 Å². The molecule has 0 spiro atoms. The molecule has 1 heterocycles. The van der Waals surface area contributed by atoms with Crippen LogP contribution in [0.5, 0.6) is 17.2 Å². The van der Waals surface area contributed by atoms with Crippen molar-refractivity contribution in [1.82, 2.24) is 15.5 Å². The minimum atomic E-state index is -0.376. The number of hydrogen-bond donors (Lipinski definition) is 2. The van der Waals surface area contributed by atoms with E-state index in [-0.39, 0.29) is 17.6 Å². The number of guanidine groups is 1. The molecule has 7 nitrogen and oxygen atoms in total. The molecule has 0 amide bonds. The third-order valence-corrected chi connectivity index (χ3v) is 5.41. The third kappa shape index (κ3) is 6.50. The first-order valence-electron chi connectivity index (χ1n) is 10.9. The zero-order valence-electron chi connectivity index (χ0n) is 19.3. The van der Waals surface area contributed by atoms with Crippen LogP contribution in [0.3, 0.4) is 0 Å². The standard InChI is InChI=1S/C24H33FN4O3/c1-5-26-24(27-14-17-6-7-23(32-4)22(25)12-17)28-19-8-9-29(16-19)15-18-10-20(30-2)13-21(11-18)31-3/h6-7,10-13,19H,5,8-9,14-16H2,1-4H3,(H2,26,27,28). The Kier molecular flexibility index (Phi) is 8.56. The van der Waals surface area contributed by atoms with Crippen LogP contribution in [0, 0.1) is 5.82 Å². The van der Waals surface area contributed by atoms with Gasteiger partial charge in [-0.1, -0.05) is 6.07 Å². The summed E-state index contributed by atoms with van der Waals surface area (Å²) in [4.78, 5) is 7.03. The lowest BCUT2D eigenvalue weighted by molar-refractivity contribution is 0.321. The smallest absolute Gasteiger partial charge is 0.191 e. The number of benzene rings is 2. The van der Waals surface area contributed by atoms with Gasteiger partial charge in [0.1, 0.15) is 11.5 Å². The Morgan fingerprint density at radius 1 is 1.06 bits per heavy atom. The summed E-state index contributed by atoms with van der Waals surface area (Å²) in [5.74, 6) is 2.19. The summed E-state index contributed by atoms with van der Waals surface area (Å²) >= 11 is 0. The Morgan fingerprint density at radius 2 is 1.81 bits per heavy atom. The highest BCUT2D eigenvalue weighted by Gasteiger charge is 2.23. The Labute approximate surface area is 189 Å². The first kappa shape index (κ1) is 23.7. The van der Waals surface area contributed by atoms with Crippen molar-refractivity contribution in [3.8, 4) is 17.2 Å².